The Morgan fingerprint density at radius 3 is 2.45 bits per heavy atom. The minimum Gasteiger partial charge on any atom is -0.497 e. The van der Waals surface area contributed by atoms with Gasteiger partial charge in [-0.25, -0.2) is 18.9 Å². The summed E-state index contributed by atoms with van der Waals surface area (Å²) in [5.41, 5.74) is 5.68. The normalized spacial score (nSPS) is 22.7. The van der Waals surface area contributed by atoms with Gasteiger partial charge in [0.15, 0.2) is 0 Å². The maximum absolute atomic E-state index is 15.4. The molecule has 1 aromatic carbocycles. The Labute approximate surface area is 382 Å². The number of hydrogen-bond acceptors (Lipinski definition) is 13. The fourth-order valence-electron chi connectivity index (χ4n) is 10.2. The van der Waals surface area contributed by atoms with Crippen LogP contribution in [0.4, 0.5) is 21.6 Å². The number of nitriles is 1. The molecule has 4 fully saturated rings. The molecule has 0 radical (unpaired) electrons. The predicted octanol–water partition coefficient (Wildman–Crippen LogP) is 5.51. The molecule has 4 aliphatic heterocycles. The molecule has 3 saturated heterocycles. The van der Waals surface area contributed by atoms with E-state index in [1.54, 1.807) is 35.3 Å². The van der Waals surface area contributed by atoms with Crippen LogP contribution >= 0.6 is 0 Å². The number of imide groups is 1. The second-order valence-electron chi connectivity index (χ2n) is 19.3. The van der Waals surface area contributed by atoms with Crippen molar-refractivity contribution in [3.8, 4) is 28.6 Å². The van der Waals surface area contributed by atoms with Gasteiger partial charge >= 0.3 is 0 Å². The zero-order chi connectivity index (χ0) is 45.7. The number of aromatic nitrogens is 6. The van der Waals surface area contributed by atoms with Crippen molar-refractivity contribution < 1.29 is 23.5 Å². The maximum Gasteiger partial charge on any atom is 0.249 e. The fraction of sp³-hybridized carbons (Fsp3) is 0.458. The molecule has 2 bridgehead atoms. The first-order valence-corrected chi connectivity index (χ1v) is 22.9. The second-order valence-corrected chi connectivity index (χ2v) is 19.3. The third kappa shape index (κ3) is 8.66. The number of rotatable bonds is 9. The number of halogens is 1. The Hall–Kier alpha value is -6.87. The number of piperazine rings is 2. The largest absolute Gasteiger partial charge is 0.497 e. The minimum absolute atomic E-state index is 0.110. The van der Waals surface area contributed by atoms with Gasteiger partial charge in [-0.15, -0.1) is 0 Å². The number of hydrogen-bond donors (Lipinski definition) is 2. The number of pyridine rings is 1. The summed E-state index contributed by atoms with van der Waals surface area (Å²) in [5.74, 6) is -0.114. The van der Waals surface area contributed by atoms with Gasteiger partial charge < -0.3 is 24.8 Å². The highest BCUT2D eigenvalue weighted by atomic mass is 19.1. The van der Waals surface area contributed by atoms with E-state index in [-0.39, 0.29) is 47.5 Å². The number of piperidine rings is 1. The molecule has 8 heterocycles. The van der Waals surface area contributed by atoms with Crippen LogP contribution in [0.2, 0.25) is 0 Å². The lowest BCUT2D eigenvalue weighted by Crippen LogP contribution is -2.57. The number of carbonyl (C=O) groups excluding carboxylic acids is 3. The van der Waals surface area contributed by atoms with Crippen LogP contribution in [-0.4, -0.2) is 121 Å². The van der Waals surface area contributed by atoms with Gasteiger partial charge in [-0.2, -0.15) is 15.5 Å². The van der Waals surface area contributed by atoms with Crippen LogP contribution in [0.3, 0.4) is 0 Å². The molecule has 4 aromatic heterocycles. The topological polar surface area (TPSA) is 182 Å². The quantitative estimate of drug-likeness (QED) is 0.177. The lowest BCUT2D eigenvalue weighted by atomic mass is 9.90. The summed E-state index contributed by atoms with van der Waals surface area (Å²) < 4.78 is 24.9. The van der Waals surface area contributed by atoms with Gasteiger partial charge in [0.1, 0.15) is 47.7 Å². The van der Waals surface area contributed by atoms with Crippen LogP contribution in [0, 0.1) is 22.6 Å². The first-order valence-electron chi connectivity index (χ1n) is 22.9. The number of carbonyl (C=O) groups is 3. The third-order valence-electron chi connectivity index (χ3n) is 13.5. The molecule has 3 amide bonds. The summed E-state index contributed by atoms with van der Waals surface area (Å²) in [5, 5.41) is 24.8. The molecule has 1 saturated carbocycles. The molecule has 5 aromatic rings. The number of nitrogens with one attached hydrogen (secondary N) is 2. The molecule has 2 atom stereocenters. The molecular formula is C48H54FN13O4. The third-order valence-corrected chi connectivity index (χ3v) is 13.5. The number of anilines is 3. The average molecular weight is 896 g/mol. The summed E-state index contributed by atoms with van der Waals surface area (Å²) in [6.07, 6.45) is 15.9. The lowest BCUT2D eigenvalue weighted by molar-refractivity contribution is -0.136. The fourth-order valence-corrected chi connectivity index (χ4v) is 10.2. The van der Waals surface area contributed by atoms with Crippen LogP contribution in [0.25, 0.3) is 28.0 Å². The zero-order valence-corrected chi connectivity index (χ0v) is 37.5. The number of benzene rings is 1. The summed E-state index contributed by atoms with van der Waals surface area (Å²) in [4.78, 5) is 55.7. The molecule has 1 aliphatic carbocycles. The van der Waals surface area contributed by atoms with E-state index in [2.05, 4.69) is 68.2 Å². The first-order chi connectivity index (χ1) is 31.9. The van der Waals surface area contributed by atoms with Crippen LogP contribution in [0.15, 0.2) is 73.3 Å². The van der Waals surface area contributed by atoms with E-state index in [4.69, 9.17) is 19.8 Å². The monoisotopic (exact) mass is 895 g/mol. The Morgan fingerprint density at radius 1 is 0.939 bits per heavy atom. The molecule has 0 spiro atoms. The van der Waals surface area contributed by atoms with Crippen LogP contribution < -0.4 is 20.4 Å². The van der Waals surface area contributed by atoms with E-state index in [9.17, 15) is 19.6 Å². The highest BCUT2D eigenvalue weighted by Crippen LogP contribution is 2.36. The summed E-state index contributed by atoms with van der Waals surface area (Å²) in [7, 11) is 0. The number of fused-ring (bicyclic) bond motifs is 3. The van der Waals surface area contributed by atoms with Crippen molar-refractivity contribution >= 4 is 40.4 Å². The molecule has 1 unspecified atom stereocenters. The average Bonchev–Trinajstić information content (AvgIpc) is 3.97. The maximum atomic E-state index is 15.4. The molecular weight excluding hydrogens is 842 g/mol. The van der Waals surface area contributed by atoms with Crippen molar-refractivity contribution in [2.75, 3.05) is 61.0 Å². The molecule has 18 heteroatoms. The smallest absolute Gasteiger partial charge is 0.249 e. The molecule has 342 valence electrons. The van der Waals surface area contributed by atoms with Gasteiger partial charge in [0, 0.05) is 80.8 Å². The van der Waals surface area contributed by atoms with Crippen molar-refractivity contribution in [2.45, 2.75) is 89.9 Å². The van der Waals surface area contributed by atoms with E-state index >= 15 is 4.39 Å². The Morgan fingerprint density at radius 2 is 1.74 bits per heavy atom. The number of amides is 3. The molecule has 66 heavy (non-hydrogen) atoms. The van der Waals surface area contributed by atoms with Gasteiger partial charge in [-0.05, 0) is 67.9 Å². The first kappa shape index (κ1) is 43.0. The van der Waals surface area contributed by atoms with Crippen LogP contribution in [-0.2, 0) is 19.1 Å². The highest BCUT2D eigenvalue weighted by molar-refractivity contribution is 6.01. The Kier molecular flexibility index (Phi) is 11.4. The summed E-state index contributed by atoms with van der Waals surface area (Å²) in [6, 6.07) is 11.2. The van der Waals surface area contributed by atoms with Crippen molar-refractivity contribution in [1.29, 1.82) is 5.26 Å². The van der Waals surface area contributed by atoms with E-state index in [1.165, 1.54) is 6.07 Å². The highest BCUT2D eigenvalue weighted by Gasteiger charge is 2.39. The van der Waals surface area contributed by atoms with E-state index in [1.807, 2.05) is 29.4 Å². The van der Waals surface area contributed by atoms with Gasteiger partial charge in [-0.3, -0.25) is 29.3 Å². The minimum atomic E-state index is -0.563. The van der Waals surface area contributed by atoms with E-state index in [0.717, 1.165) is 74.5 Å². The van der Waals surface area contributed by atoms with Crippen LogP contribution in [0.1, 0.15) is 77.3 Å². The van der Waals surface area contributed by atoms with Gasteiger partial charge in [0.25, 0.3) is 0 Å². The van der Waals surface area contributed by atoms with Crippen LogP contribution in [0.5, 0.6) is 0 Å². The van der Waals surface area contributed by atoms with Crippen molar-refractivity contribution in [1.82, 2.24) is 44.5 Å². The van der Waals surface area contributed by atoms with Crippen molar-refractivity contribution in [3.05, 3.63) is 84.7 Å². The SMILES string of the molecule is CC(C)(C)CC(=O)N1C2=COC[C@@H]1CN(c1ccc(-c3nc(-c4cnn(C5CCC(N6CCN(c7ccc(NC8CCC(=O)NC8=O)cc7F)CC6)CC5)c4)cn4ncc(C#N)c34)cn1)C2. The van der Waals surface area contributed by atoms with E-state index in [0.29, 0.717) is 72.4 Å². The molecule has 10 rings (SSSR count). The summed E-state index contributed by atoms with van der Waals surface area (Å²) >= 11 is 0. The van der Waals surface area contributed by atoms with Gasteiger partial charge in [0.05, 0.1) is 60.0 Å². The molecule has 17 nitrogen and oxygen atoms in total. The van der Waals surface area contributed by atoms with Crippen molar-refractivity contribution in [2.24, 2.45) is 5.41 Å². The number of ether oxygens (including phenoxy) is 1. The Balaban J connectivity index is 0.771. The van der Waals surface area contributed by atoms with Gasteiger partial charge in [-0.1, -0.05) is 20.8 Å². The lowest BCUT2D eigenvalue weighted by Gasteiger charge is -2.45. The zero-order valence-electron chi connectivity index (χ0n) is 37.5. The second kappa shape index (κ2) is 17.5. The summed E-state index contributed by atoms with van der Waals surface area (Å²) in [6.45, 7) is 10.9. The van der Waals surface area contributed by atoms with Gasteiger partial charge in [0.2, 0.25) is 17.7 Å². The van der Waals surface area contributed by atoms with Crippen molar-refractivity contribution in [3.63, 3.8) is 0 Å². The van der Waals surface area contributed by atoms with E-state index < -0.39 is 6.04 Å². The molecule has 5 aliphatic rings. The standard InChI is InChI=1S/C48H54FN13O4/c1-48(2,3)19-44(64)62-36-25-59(26-37(62)29-66-28-36)42-12-4-30(21-51-42)45-46-31(20-50)22-53-61(46)27-40(55-45)32-23-52-60(24-32)35-8-6-34(7-9-35)57-14-16-58(17-15-57)41-11-5-33(18-38(41)49)54-39-10-13-43(63)56-47(39)65/h4-5,11-12,18,21-24,27-28,34-35,37,39,54H,6-10,13-17,19,25-26,29H2,1-3H3,(H,56,63,65)/t34?,35?,37-,39?/m0/s1. The predicted molar refractivity (Wildman–Crippen MR) is 244 cm³/mol. The molecule has 2 N–H and O–H groups in total. The number of nitrogens with zero attached hydrogens (tertiary/aromatic N) is 11. The Bertz CT molecular complexity index is 2740.